The van der Waals surface area contributed by atoms with E-state index < -0.39 is 78.9 Å². The van der Waals surface area contributed by atoms with E-state index in [1.54, 1.807) is 6.20 Å². The Balaban J connectivity index is 1.64. The number of fused-ring (bicyclic) bond motifs is 1. The van der Waals surface area contributed by atoms with E-state index in [4.69, 9.17) is 11.5 Å². The zero-order chi connectivity index (χ0) is 36.1. The van der Waals surface area contributed by atoms with E-state index in [1.807, 2.05) is 38.1 Å². The number of H-pyrrole nitrogens is 1. The summed E-state index contributed by atoms with van der Waals surface area (Å²) >= 11 is 0. The van der Waals surface area contributed by atoms with E-state index in [-0.39, 0.29) is 25.3 Å². The highest BCUT2D eigenvalue weighted by molar-refractivity contribution is 5.96. The monoisotopic (exact) mass is 686 g/mol. The zero-order valence-electron chi connectivity index (χ0n) is 28.1. The van der Waals surface area contributed by atoms with Gasteiger partial charge in [0.15, 0.2) is 0 Å². The molecule has 11 N–H and O–H groups in total. The van der Waals surface area contributed by atoms with Crippen molar-refractivity contribution in [2.75, 3.05) is 26.2 Å². The molecule has 0 aliphatic carbocycles. The van der Waals surface area contributed by atoms with E-state index in [0.29, 0.717) is 38.6 Å². The maximum absolute atomic E-state index is 13.5. The van der Waals surface area contributed by atoms with Gasteiger partial charge in [0.25, 0.3) is 0 Å². The molecular formula is C33H50N8O8. The van der Waals surface area contributed by atoms with Gasteiger partial charge in [-0.1, -0.05) is 38.5 Å². The number of likely N-dealkylation sites (tertiary alicyclic amines) is 1. The molecule has 3 rings (SSSR count). The predicted octanol–water partition coefficient (Wildman–Crippen LogP) is -1.15. The number of para-hydroxylation sites is 1. The third kappa shape index (κ3) is 11.3. The van der Waals surface area contributed by atoms with Crippen molar-refractivity contribution < 1.29 is 39.0 Å². The number of hydrogen-bond donors (Lipinski definition) is 9. The van der Waals surface area contributed by atoms with Crippen LogP contribution in [0.15, 0.2) is 30.5 Å². The van der Waals surface area contributed by atoms with E-state index in [9.17, 15) is 39.0 Å². The van der Waals surface area contributed by atoms with Crippen LogP contribution >= 0.6 is 0 Å². The summed E-state index contributed by atoms with van der Waals surface area (Å²) < 4.78 is 0. The molecule has 1 aliphatic rings. The molecule has 5 atom stereocenters. The highest BCUT2D eigenvalue weighted by Gasteiger charge is 2.36. The van der Waals surface area contributed by atoms with Crippen LogP contribution in [-0.2, 0) is 35.2 Å². The normalized spacial score (nSPS) is 16.9. The van der Waals surface area contributed by atoms with Gasteiger partial charge in [-0.15, -0.1) is 0 Å². The Hall–Kier alpha value is -4.54. The third-order valence-electron chi connectivity index (χ3n) is 8.46. The topological polar surface area (TPSA) is 262 Å². The lowest BCUT2D eigenvalue weighted by Crippen LogP contribution is -2.58. The number of amides is 5. The number of hydrogen-bond acceptors (Lipinski definition) is 9. The number of carboxylic acid groups (broad SMARTS) is 1. The molecule has 49 heavy (non-hydrogen) atoms. The standard InChI is InChI=1S/C33H50N8O8/c1-19(2)14-25(33(48)49)39-32(47)27-11-7-13-41(27)28(43)17-37-30(45)26(18-42)40-31(46)24(38-29(44)22(35)9-5-6-12-34)15-20-16-36-23-10-4-3-8-21(20)23/h3-4,8,10,16,19,22,24-27,36,42H,5-7,9,11-15,17-18,34-35H2,1-2H3,(H,37,45)(H,38,44)(H,39,47)(H,40,46)(H,48,49). The molecule has 270 valence electrons. The first-order chi connectivity index (χ1) is 23.4. The molecule has 2 aromatic rings. The number of rotatable bonds is 19. The molecule has 5 unspecified atom stereocenters. The zero-order valence-corrected chi connectivity index (χ0v) is 28.1. The molecule has 0 spiro atoms. The summed E-state index contributed by atoms with van der Waals surface area (Å²) in [6.45, 7) is 3.02. The molecule has 1 aliphatic heterocycles. The van der Waals surface area contributed by atoms with Gasteiger partial charge in [-0.3, -0.25) is 24.0 Å². The van der Waals surface area contributed by atoms with Crippen LogP contribution in [0.2, 0.25) is 0 Å². The number of aliphatic hydroxyl groups is 1. The van der Waals surface area contributed by atoms with Gasteiger partial charge in [-0.25, -0.2) is 4.79 Å². The molecule has 1 saturated heterocycles. The lowest BCUT2D eigenvalue weighted by atomic mass is 10.0. The van der Waals surface area contributed by atoms with Crippen LogP contribution in [0.1, 0.15) is 57.9 Å². The highest BCUT2D eigenvalue weighted by atomic mass is 16.4. The second kappa shape index (κ2) is 18.9. The number of unbranched alkanes of at least 4 members (excludes halogenated alkanes) is 1. The SMILES string of the molecule is CC(C)CC(NC(=O)C1CCCN1C(=O)CNC(=O)C(CO)NC(=O)C(Cc1c[nH]c2ccccc12)NC(=O)C(N)CCCCN)C(=O)O. The molecular weight excluding hydrogens is 636 g/mol. The molecule has 0 saturated carbocycles. The smallest absolute Gasteiger partial charge is 0.326 e. The number of benzene rings is 1. The van der Waals surface area contributed by atoms with E-state index in [2.05, 4.69) is 26.3 Å². The number of aliphatic hydroxyl groups excluding tert-OH is 1. The Kier molecular flexibility index (Phi) is 15.0. The third-order valence-corrected chi connectivity index (χ3v) is 8.46. The van der Waals surface area contributed by atoms with Crippen molar-refractivity contribution in [2.24, 2.45) is 17.4 Å². The van der Waals surface area contributed by atoms with Crippen molar-refractivity contribution in [3.63, 3.8) is 0 Å². The van der Waals surface area contributed by atoms with Crippen molar-refractivity contribution >= 4 is 46.4 Å². The molecule has 0 bridgehead atoms. The quantitative estimate of drug-likeness (QED) is 0.0802. The fraction of sp³-hybridized carbons (Fsp3) is 0.576. The molecule has 1 aromatic carbocycles. The second-order valence-electron chi connectivity index (χ2n) is 12.8. The fourth-order valence-corrected chi connectivity index (χ4v) is 5.80. The minimum atomic E-state index is -1.47. The summed E-state index contributed by atoms with van der Waals surface area (Å²) in [6, 6.07) is 1.89. The van der Waals surface area contributed by atoms with Crippen LogP contribution in [0.25, 0.3) is 10.9 Å². The molecule has 16 heteroatoms. The van der Waals surface area contributed by atoms with Crippen molar-refractivity contribution in [1.29, 1.82) is 0 Å². The van der Waals surface area contributed by atoms with Gasteiger partial charge in [0.2, 0.25) is 29.5 Å². The lowest BCUT2D eigenvalue weighted by Gasteiger charge is -2.26. The number of carbonyl (C=O) groups is 6. The number of aliphatic carboxylic acids is 1. The maximum Gasteiger partial charge on any atom is 0.326 e. The Labute approximate surface area is 285 Å². The first kappa shape index (κ1) is 38.9. The Bertz CT molecular complexity index is 1460. The number of nitrogens with one attached hydrogen (secondary N) is 5. The molecule has 2 heterocycles. The lowest BCUT2D eigenvalue weighted by molar-refractivity contribution is -0.144. The largest absolute Gasteiger partial charge is 0.480 e. The van der Waals surface area contributed by atoms with E-state index in [1.165, 1.54) is 4.90 Å². The van der Waals surface area contributed by atoms with Crippen LogP contribution in [0.5, 0.6) is 0 Å². The second-order valence-corrected chi connectivity index (χ2v) is 12.8. The van der Waals surface area contributed by atoms with E-state index >= 15 is 0 Å². The van der Waals surface area contributed by atoms with E-state index in [0.717, 1.165) is 16.5 Å². The van der Waals surface area contributed by atoms with Crippen LogP contribution in [0.4, 0.5) is 0 Å². The Morgan fingerprint density at radius 3 is 2.37 bits per heavy atom. The number of nitrogens with zero attached hydrogens (tertiary/aromatic N) is 1. The molecule has 5 amide bonds. The molecule has 1 aromatic heterocycles. The van der Waals surface area contributed by atoms with Crippen molar-refractivity contribution in [2.45, 2.75) is 89.0 Å². The van der Waals surface area contributed by atoms with Gasteiger partial charge < -0.3 is 52.8 Å². The predicted molar refractivity (Wildman–Crippen MR) is 181 cm³/mol. The maximum atomic E-state index is 13.5. The summed E-state index contributed by atoms with van der Waals surface area (Å²) in [5, 5.41) is 30.4. The van der Waals surface area contributed by atoms with Gasteiger partial charge >= 0.3 is 5.97 Å². The van der Waals surface area contributed by atoms with Crippen molar-refractivity contribution in [3.8, 4) is 0 Å². The first-order valence-electron chi connectivity index (χ1n) is 16.7. The molecule has 16 nitrogen and oxygen atoms in total. The van der Waals surface area contributed by atoms with Crippen LogP contribution in [0, 0.1) is 5.92 Å². The fourth-order valence-electron chi connectivity index (χ4n) is 5.80. The summed E-state index contributed by atoms with van der Waals surface area (Å²) in [5.41, 5.74) is 13.2. The molecule has 1 fully saturated rings. The number of carbonyl (C=O) groups excluding carboxylic acids is 5. The number of nitrogens with two attached hydrogens (primary N) is 2. The van der Waals surface area contributed by atoms with Crippen LogP contribution < -0.4 is 32.7 Å². The van der Waals surface area contributed by atoms with Crippen LogP contribution in [0.3, 0.4) is 0 Å². The number of aromatic amines is 1. The average Bonchev–Trinajstić information content (AvgIpc) is 3.73. The van der Waals surface area contributed by atoms with Crippen molar-refractivity contribution in [3.05, 3.63) is 36.0 Å². The number of carboxylic acids is 1. The average molecular weight is 687 g/mol. The summed E-state index contributed by atoms with van der Waals surface area (Å²) in [5.74, 6) is -4.50. The van der Waals surface area contributed by atoms with Gasteiger partial charge in [0, 0.05) is 30.1 Å². The summed E-state index contributed by atoms with van der Waals surface area (Å²) in [4.78, 5) is 81.5. The van der Waals surface area contributed by atoms with Gasteiger partial charge in [0.1, 0.15) is 24.2 Å². The minimum Gasteiger partial charge on any atom is -0.480 e. The molecule has 0 radical (unpaired) electrons. The first-order valence-corrected chi connectivity index (χ1v) is 16.7. The Morgan fingerprint density at radius 1 is 0.980 bits per heavy atom. The summed E-state index contributed by atoms with van der Waals surface area (Å²) in [7, 11) is 0. The van der Waals surface area contributed by atoms with Crippen molar-refractivity contribution in [1.82, 2.24) is 31.2 Å². The van der Waals surface area contributed by atoms with Crippen LogP contribution in [-0.4, -0.2) is 112 Å². The Morgan fingerprint density at radius 2 is 1.69 bits per heavy atom. The van der Waals surface area contributed by atoms with Gasteiger partial charge in [0.05, 0.1) is 19.2 Å². The highest BCUT2D eigenvalue weighted by Crippen LogP contribution is 2.20. The van der Waals surface area contributed by atoms with Gasteiger partial charge in [-0.2, -0.15) is 0 Å². The summed E-state index contributed by atoms with van der Waals surface area (Å²) in [6.07, 6.45) is 4.50. The number of aromatic nitrogens is 1. The van der Waals surface area contributed by atoms with Gasteiger partial charge in [-0.05, 0) is 56.2 Å². The minimum absolute atomic E-state index is 0.0157.